The minimum Gasteiger partial charge on any atom is -0.497 e. The Bertz CT molecular complexity index is 1120. The van der Waals surface area contributed by atoms with Crippen molar-refractivity contribution in [2.24, 2.45) is 0 Å². The Morgan fingerprint density at radius 2 is 1.63 bits per heavy atom. The van der Waals surface area contributed by atoms with Gasteiger partial charge < -0.3 is 9.64 Å². The number of ether oxygens (including phenoxy) is 1. The second kappa shape index (κ2) is 8.29. The molecule has 0 spiro atoms. The molecule has 0 N–H and O–H groups in total. The molecule has 1 aliphatic heterocycles. The molecular formula is C21H22N4O4S. The SMILES string of the molecule is COc1ccc(S(=O)(=O)N2CCN(C(=O)c3cnn(-c4ccccc4)c3)CC2)cc1. The van der Waals surface area contributed by atoms with E-state index in [4.69, 9.17) is 4.74 Å². The standard InChI is InChI=1S/C21H22N4O4S/c1-29-19-7-9-20(10-8-19)30(27,28)24-13-11-23(12-14-24)21(26)17-15-22-25(16-17)18-5-3-2-4-6-18/h2-10,15-16H,11-14H2,1H3. The van der Waals surface area contributed by atoms with Crippen molar-refractivity contribution < 1.29 is 17.9 Å². The summed E-state index contributed by atoms with van der Waals surface area (Å²) in [6.45, 7) is 1.13. The molecule has 9 heteroatoms. The summed E-state index contributed by atoms with van der Waals surface area (Å²) in [5.41, 5.74) is 1.34. The number of hydrogen-bond acceptors (Lipinski definition) is 5. The van der Waals surface area contributed by atoms with Gasteiger partial charge in [0.05, 0.1) is 29.5 Å². The van der Waals surface area contributed by atoms with Gasteiger partial charge in [-0.25, -0.2) is 13.1 Å². The molecule has 0 bridgehead atoms. The molecule has 30 heavy (non-hydrogen) atoms. The highest BCUT2D eigenvalue weighted by atomic mass is 32.2. The van der Waals surface area contributed by atoms with E-state index in [0.29, 0.717) is 24.4 Å². The van der Waals surface area contributed by atoms with E-state index in [1.165, 1.54) is 29.7 Å². The summed E-state index contributed by atoms with van der Waals surface area (Å²) in [4.78, 5) is 14.7. The van der Waals surface area contributed by atoms with Gasteiger partial charge in [0.1, 0.15) is 5.75 Å². The Kier molecular flexibility index (Phi) is 5.56. The third-order valence-corrected chi connectivity index (χ3v) is 6.99. The Morgan fingerprint density at radius 3 is 2.27 bits per heavy atom. The van der Waals surface area contributed by atoms with Crippen LogP contribution in [0.2, 0.25) is 0 Å². The second-order valence-corrected chi connectivity index (χ2v) is 8.82. The summed E-state index contributed by atoms with van der Waals surface area (Å²) in [7, 11) is -2.08. The van der Waals surface area contributed by atoms with Crippen molar-refractivity contribution in [2.45, 2.75) is 4.90 Å². The van der Waals surface area contributed by atoms with E-state index < -0.39 is 10.0 Å². The summed E-state index contributed by atoms with van der Waals surface area (Å²) in [6.07, 6.45) is 3.23. The van der Waals surface area contributed by atoms with Crippen LogP contribution in [-0.4, -0.2) is 66.6 Å². The Hall–Kier alpha value is -3.17. The van der Waals surface area contributed by atoms with Crippen LogP contribution in [0.3, 0.4) is 0 Å². The fourth-order valence-corrected chi connectivity index (χ4v) is 4.79. The van der Waals surface area contributed by atoms with E-state index >= 15 is 0 Å². The van der Waals surface area contributed by atoms with Crippen LogP contribution in [0.5, 0.6) is 5.75 Å². The van der Waals surface area contributed by atoms with Gasteiger partial charge in [-0.15, -0.1) is 0 Å². The number of benzene rings is 2. The van der Waals surface area contributed by atoms with E-state index in [-0.39, 0.29) is 23.9 Å². The average Bonchev–Trinajstić information content (AvgIpc) is 3.30. The van der Waals surface area contributed by atoms with Crippen LogP contribution in [0, 0.1) is 0 Å². The van der Waals surface area contributed by atoms with Gasteiger partial charge in [-0.2, -0.15) is 9.40 Å². The van der Waals surface area contributed by atoms with Gasteiger partial charge in [-0.05, 0) is 36.4 Å². The first-order chi connectivity index (χ1) is 14.5. The van der Waals surface area contributed by atoms with Crippen LogP contribution in [0.4, 0.5) is 0 Å². The number of piperazine rings is 1. The Morgan fingerprint density at radius 1 is 0.967 bits per heavy atom. The lowest BCUT2D eigenvalue weighted by Gasteiger charge is -2.33. The molecule has 0 aliphatic carbocycles. The molecule has 1 aliphatic rings. The average molecular weight is 426 g/mol. The van der Waals surface area contributed by atoms with Crippen molar-refractivity contribution >= 4 is 15.9 Å². The molecule has 3 aromatic rings. The predicted molar refractivity (Wildman–Crippen MR) is 111 cm³/mol. The fraction of sp³-hybridized carbons (Fsp3) is 0.238. The number of hydrogen-bond donors (Lipinski definition) is 0. The first kappa shape index (κ1) is 20.1. The molecular weight excluding hydrogens is 404 g/mol. The first-order valence-corrected chi connectivity index (χ1v) is 11.0. The molecule has 1 amide bonds. The summed E-state index contributed by atoms with van der Waals surface area (Å²) >= 11 is 0. The fourth-order valence-electron chi connectivity index (χ4n) is 3.37. The van der Waals surface area contributed by atoms with Crippen molar-refractivity contribution in [3.63, 3.8) is 0 Å². The Labute approximate surface area is 175 Å². The lowest BCUT2D eigenvalue weighted by Crippen LogP contribution is -2.50. The number of rotatable bonds is 5. The molecule has 1 fully saturated rings. The molecule has 0 saturated carbocycles. The number of sulfonamides is 1. The van der Waals surface area contributed by atoms with Crippen LogP contribution in [-0.2, 0) is 10.0 Å². The molecule has 2 heterocycles. The molecule has 0 atom stereocenters. The maximum atomic E-state index is 12.9. The van der Waals surface area contributed by atoms with Gasteiger partial charge in [0.15, 0.2) is 0 Å². The Balaban J connectivity index is 1.41. The van der Waals surface area contributed by atoms with Crippen LogP contribution < -0.4 is 4.74 Å². The zero-order valence-electron chi connectivity index (χ0n) is 16.5. The normalized spacial score (nSPS) is 15.2. The van der Waals surface area contributed by atoms with Crippen molar-refractivity contribution in [3.05, 3.63) is 72.6 Å². The van der Waals surface area contributed by atoms with E-state index in [1.54, 1.807) is 27.9 Å². The number of para-hydroxylation sites is 1. The maximum Gasteiger partial charge on any atom is 0.257 e. The van der Waals surface area contributed by atoms with E-state index in [9.17, 15) is 13.2 Å². The number of carbonyl (C=O) groups is 1. The van der Waals surface area contributed by atoms with Gasteiger partial charge in [0, 0.05) is 32.4 Å². The number of methoxy groups -OCH3 is 1. The summed E-state index contributed by atoms with van der Waals surface area (Å²) < 4.78 is 33.9. The molecule has 1 aromatic heterocycles. The largest absolute Gasteiger partial charge is 0.497 e. The highest BCUT2D eigenvalue weighted by Gasteiger charge is 2.30. The van der Waals surface area contributed by atoms with Crippen molar-refractivity contribution in [1.82, 2.24) is 19.0 Å². The molecule has 156 valence electrons. The zero-order valence-corrected chi connectivity index (χ0v) is 17.3. The third-order valence-electron chi connectivity index (χ3n) is 5.07. The highest BCUT2D eigenvalue weighted by molar-refractivity contribution is 7.89. The van der Waals surface area contributed by atoms with E-state index in [1.807, 2.05) is 30.3 Å². The first-order valence-electron chi connectivity index (χ1n) is 9.52. The number of carbonyl (C=O) groups excluding carboxylic acids is 1. The van der Waals surface area contributed by atoms with Crippen molar-refractivity contribution in [1.29, 1.82) is 0 Å². The quantitative estimate of drug-likeness (QED) is 0.623. The van der Waals surface area contributed by atoms with Crippen LogP contribution in [0.15, 0.2) is 71.9 Å². The summed E-state index contributed by atoms with van der Waals surface area (Å²) in [5.74, 6) is 0.444. The van der Waals surface area contributed by atoms with Gasteiger partial charge in [-0.3, -0.25) is 4.79 Å². The molecule has 1 saturated heterocycles. The number of aromatic nitrogens is 2. The smallest absolute Gasteiger partial charge is 0.257 e. The molecule has 0 unspecified atom stereocenters. The molecule has 2 aromatic carbocycles. The topological polar surface area (TPSA) is 84.7 Å². The van der Waals surface area contributed by atoms with Crippen molar-refractivity contribution in [3.8, 4) is 11.4 Å². The van der Waals surface area contributed by atoms with Crippen LogP contribution in [0.25, 0.3) is 5.69 Å². The van der Waals surface area contributed by atoms with Crippen LogP contribution >= 0.6 is 0 Å². The highest BCUT2D eigenvalue weighted by Crippen LogP contribution is 2.21. The lowest BCUT2D eigenvalue weighted by molar-refractivity contribution is 0.0698. The van der Waals surface area contributed by atoms with Gasteiger partial charge in [-0.1, -0.05) is 18.2 Å². The van der Waals surface area contributed by atoms with Gasteiger partial charge >= 0.3 is 0 Å². The van der Waals surface area contributed by atoms with Gasteiger partial charge in [0.25, 0.3) is 5.91 Å². The van der Waals surface area contributed by atoms with E-state index in [0.717, 1.165) is 5.69 Å². The zero-order chi connectivity index (χ0) is 21.1. The molecule has 4 rings (SSSR count). The predicted octanol–water partition coefficient (Wildman–Crippen LogP) is 2.03. The van der Waals surface area contributed by atoms with Crippen LogP contribution in [0.1, 0.15) is 10.4 Å². The molecule has 0 radical (unpaired) electrons. The maximum absolute atomic E-state index is 12.9. The number of amides is 1. The monoisotopic (exact) mass is 426 g/mol. The molecule has 8 nitrogen and oxygen atoms in total. The van der Waals surface area contributed by atoms with Gasteiger partial charge in [0.2, 0.25) is 10.0 Å². The second-order valence-electron chi connectivity index (χ2n) is 6.88. The minimum atomic E-state index is -3.61. The summed E-state index contributed by atoms with van der Waals surface area (Å²) in [6, 6.07) is 15.8. The summed E-state index contributed by atoms with van der Waals surface area (Å²) in [5, 5.41) is 4.26. The minimum absolute atomic E-state index is 0.154. The lowest BCUT2D eigenvalue weighted by atomic mass is 10.2. The van der Waals surface area contributed by atoms with E-state index in [2.05, 4.69) is 5.10 Å². The number of nitrogens with zero attached hydrogens (tertiary/aromatic N) is 4. The van der Waals surface area contributed by atoms with Crippen molar-refractivity contribution in [2.75, 3.05) is 33.3 Å². The third kappa shape index (κ3) is 3.94.